The van der Waals surface area contributed by atoms with E-state index < -0.39 is 17.6 Å². The van der Waals surface area contributed by atoms with Gasteiger partial charge in [-0.2, -0.15) is 0 Å². The molecule has 2 saturated heterocycles. The molecule has 0 aromatic rings. The van der Waals surface area contributed by atoms with Crippen LogP contribution in [0.1, 0.15) is 33.6 Å². The fraction of sp³-hybridized carbons (Fsp3) is 0.846. The molecule has 2 aliphatic rings. The standard InChI is InChI=1S/C13H21NO5/c1-13(2,3)19-12(16)14-10-8-6-5-7(18-8)9(10)11(15)17-4/h7-10H,5-6H2,1-4H3,(H,14,16)/t7-,8+,9+,10-/m1/s1. The molecule has 0 radical (unpaired) electrons. The highest BCUT2D eigenvalue weighted by Crippen LogP contribution is 2.39. The van der Waals surface area contributed by atoms with Gasteiger partial charge in [0.1, 0.15) is 11.5 Å². The van der Waals surface area contributed by atoms with Crippen LogP contribution in [0.5, 0.6) is 0 Å². The van der Waals surface area contributed by atoms with Crippen molar-refractivity contribution in [2.75, 3.05) is 7.11 Å². The van der Waals surface area contributed by atoms with Crippen molar-refractivity contribution < 1.29 is 23.8 Å². The van der Waals surface area contributed by atoms with Crippen LogP contribution < -0.4 is 5.32 Å². The Morgan fingerprint density at radius 3 is 2.42 bits per heavy atom. The zero-order valence-electron chi connectivity index (χ0n) is 11.8. The Labute approximate surface area is 112 Å². The molecule has 0 unspecified atom stereocenters. The van der Waals surface area contributed by atoms with E-state index in [1.54, 1.807) is 20.8 Å². The number of alkyl carbamates (subject to hydrolysis) is 1. The smallest absolute Gasteiger partial charge is 0.407 e. The van der Waals surface area contributed by atoms with Crippen LogP contribution in [0.3, 0.4) is 0 Å². The van der Waals surface area contributed by atoms with E-state index in [4.69, 9.17) is 14.2 Å². The van der Waals surface area contributed by atoms with E-state index in [0.717, 1.165) is 12.8 Å². The van der Waals surface area contributed by atoms with Crippen molar-refractivity contribution in [3.8, 4) is 0 Å². The first-order valence-electron chi connectivity index (χ1n) is 6.54. The average molecular weight is 271 g/mol. The molecule has 2 heterocycles. The van der Waals surface area contributed by atoms with Crippen LogP contribution in [0, 0.1) is 5.92 Å². The first-order chi connectivity index (χ1) is 8.81. The van der Waals surface area contributed by atoms with Crippen molar-refractivity contribution in [3.63, 3.8) is 0 Å². The van der Waals surface area contributed by atoms with E-state index in [-0.39, 0.29) is 24.2 Å². The highest BCUT2D eigenvalue weighted by atomic mass is 16.6. The van der Waals surface area contributed by atoms with Crippen LogP contribution in [0.25, 0.3) is 0 Å². The van der Waals surface area contributed by atoms with Crippen molar-refractivity contribution in [1.29, 1.82) is 0 Å². The number of carbonyl (C=O) groups is 2. The van der Waals surface area contributed by atoms with Gasteiger partial charge in [0.25, 0.3) is 0 Å². The summed E-state index contributed by atoms with van der Waals surface area (Å²) >= 11 is 0. The summed E-state index contributed by atoms with van der Waals surface area (Å²) in [4.78, 5) is 23.6. The van der Waals surface area contributed by atoms with Crippen LogP contribution in [0.15, 0.2) is 0 Å². The van der Waals surface area contributed by atoms with Gasteiger partial charge in [0.05, 0.1) is 25.4 Å². The summed E-state index contributed by atoms with van der Waals surface area (Å²) in [5, 5.41) is 2.75. The van der Waals surface area contributed by atoms with Gasteiger partial charge in [-0.25, -0.2) is 4.79 Å². The summed E-state index contributed by atoms with van der Waals surface area (Å²) in [5.41, 5.74) is -0.566. The van der Waals surface area contributed by atoms with Gasteiger partial charge < -0.3 is 19.5 Å². The zero-order chi connectivity index (χ0) is 14.2. The lowest BCUT2D eigenvalue weighted by Gasteiger charge is -2.28. The summed E-state index contributed by atoms with van der Waals surface area (Å²) in [6.07, 6.45) is 0.872. The molecular weight excluding hydrogens is 250 g/mol. The molecule has 0 aliphatic carbocycles. The molecule has 2 aliphatic heterocycles. The second-order valence-electron chi connectivity index (χ2n) is 6.01. The number of amides is 1. The van der Waals surface area contributed by atoms with Crippen LogP contribution >= 0.6 is 0 Å². The Hall–Kier alpha value is -1.30. The summed E-state index contributed by atoms with van der Waals surface area (Å²) in [7, 11) is 1.35. The lowest BCUT2D eigenvalue weighted by molar-refractivity contribution is -0.147. The topological polar surface area (TPSA) is 73.9 Å². The van der Waals surface area contributed by atoms with Gasteiger partial charge in [-0.1, -0.05) is 0 Å². The van der Waals surface area contributed by atoms with Gasteiger partial charge >= 0.3 is 12.1 Å². The minimum atomic E-state index is -0.566. The van der Waals surface area contributed by atoms with Gasteiger partial charge in [0, 0.05) is 0 Å². The normalized spacial score (nSPS) is 33.1. The molecule has 2 bridgehead atoms. The van der Waals surface area contributed by atoms with Crippen LogP contribution in [-0.4, -0.2) is 43.0 Å². The van der Waals surface area contributed by atoms with Crippen molar-refractivity contribution in [3.05, 3.63) is 0 Å². The molecule has 6 heteroatoms. The molecule has 2 fully saturated rings. The third-order valence-corrected chi connectivity index (χ3v) is 3.43. The quantitative estimate of drug-likeness (QED) is 0.765. The SMILES string of the molecule is COC(=O)[C@@H]1[C@H](NC(=O)OC(C)(C)C)[C@@H]2CC[C@H]1O2. The Morgan fingerprint density at radius 2 is 1.84 bits per heavy atom. The summed E-state index contributed by atoms with van der Waals surface area (Å²) in [5.74, 6) is -0.774. The van der Waals surface area contributed by atoms with E-state index in [0.29, 0.717) is 0 Å². The Morgan fingerprint density at radius 1 is 1.21 bits per heavy atom. The maximum absolute atomic E-state index is 11.8. The van der Waals surface area contributed by atoms with E-state index in [1.807, 2.05) is 0 Å². The number of hydrogen-bond donors (Lipinski definition) is 1. The monoisotopic (exact) mass is 271 g/mol. The number of fused-ring (bicyclic) bond motifs is 2. The predicted octanol–water partition coefficient (Wildman–Crippen LogP) is 1.23. The third-order valence-electron chi connectivity index (χ3n) is 3.43. The minimum Gasteiger partial charge on any atom is -0.469 e. The number of carbonyl (C=O) groups excluding carboxylic acids is 2. The van der Waals surface area contributed by atoms with Gasteiger partial charge in [-0.15, -0.1) is 0 Å². The van der Waals surface area contributed by atoms with Crippen molar-refractivity contribution in [2.45, 2.75) is 57.5 Å². The predicted molar refractivity (Wildman–Crippen MR) is 66.6 cm³/mol. The first-order valence-corrected chi connectivity index (χ1v) is 6.54. The lowest BCUT2D eigenvalue weighted by atomic mass is 9.84. The van der Waals surface area contributed by atoms with Gasteiger partial charge in [-0.05, 0) is 33.6 Å². The second kappa shape index (κ2) is 5.00. The molecule has 108 valence electrons. The lowest BCUT2D eigenvalue weighted by Crippen LogP contribution is -2.51. The average Bonchev–Trinajstić information content (AvgIpc) is 2.85. The molecule has 2 rings (SSSR count). The zero-order valence-corrected chi connectivity index (χ0v) is 11.8. The van der Waals surface area contributed by atoms with Crippen LogP contribution in [0.4, 0.5) is 4.79 Å². The fourth-order valence-electron chi connectivity index (χ4n) is 2.74. The highest BCUT2D eigenvalue weighted by Gasteiger charge is 2.53. The molecule has 4 atom stereocenters. The second-order valence-corrected chi connectivity index (χ2v) is 6.01. The number of ether oxygens (including phenoxy) is 3. The maximum Gasteiger partial charge on any atom is 0.407 e. The number of rotatable bonds is 2. The molecule has 0 aromatic carbocycles. The third kappa shape index (κ3) is 3.00. The molecule has 0 saturated carbocycles. The molecule has 19 heavy (non-hydrogen) atoms. The van der Waals surface area contributed by atoms with E-state index in [9.17, 15) is 9.59 Å². The van der Waals surface area contributed by atoms with Crippen LogP contribution in [0.2, 0.25) is 0 Å². The van der Waals surface area contributed by atoms with Crippen molar-refractivity contribution >= 4 is 12.1 Å². The van der Waals surface area contributed by atoms with Gasteiger partial charge in [0.2, 0.25) is 0 Å². The molecule has 0 aromatic heterocycles. The van der Waals surface area contributed by atoms with Crippen molar-refractivity contribution in [1.82, 2.24) is 5.32 Å². The van der Waals surface area contributed by atoms with Gasteiger partial charge in [0.15, 0.2) is 0 Å². The fourth-order valence-corrected chi connectivity index (χ4v) is 2.74. The Kier molecular flexibility index (Phi) is 3.71. The summed E-state index contributed by atoms with van der Waals surface area (Å²) in [6.45, 7) is 5.38. The van der Waals surface area contributed by atoms with Crippen molar-refractivity contribution in [2.24, 2.45) is 5.92 Å². The molecule has 1 amide bonds. The molecule has 1 N–H and O–H groups in total. The van der Waals surface area contributed by atoms with Crippen LogP contribution in [-0.2, 0) is 19.0 Å². The number of esters is 1. The van der Waals surface area contributed by atoms with Gasteiger partial charge in [-0.3, -0.25) is 4.79 Å². The highest BCUT2D eigenvalue weighted by molar-refractivity contribution is 5.76. The van der Waals surface area contributed by atoms with E-state index in [2.05, 4.69) is 5.32 Å². The maximum atomic E-state index is 11.8. The van der Waals surface area contributed by atoms with E-state index >= 15 is 0 Å². The summed E-state index contributed by atoms with van der Waals surface area (Å²) in [6, 6.07) is -0.360. The number of hydrogen-bond acceptors (Lipinski definition) is 5. The molecule has 0 spiro atoms. The molecule has 6 nitrogen and oxygen atoms in total. The number of methoxy groups -OCH3 is 1. The Balaban J connectivity index is 2.02. The van der Waals surface area contributed by atoms with E-state index in [1.165, 1.54) is 7.11 Å². The largest absolute Gasteiger partial charge is 0.469 e. The Bertz CT molecular complexity index is 376. The number of nitrogens with one attached hydrogen (secondary N) is 1. The summed E-state index contributed by atoms with van der Waals surface area (Å²) < 4.78 is 15.7. The first kappa shape index (κ1) is 14.1. The minimum absolute atomic E-state index is 0.124. The molecular formula is C13H21NO5.